The van der Waals surface area contributed by atoms with Crippen LogP contribution in [0.4, 0.5) is 4.39 Å². The second-order valence-corrected chi connectivity index (χ2v) is 10.6. The maximum atomic E-state index is 14.1. The van der Waals surface area contributed by atoms with Crippen LogP contribution in [0.15, 0.2) is 42.5 Å². The van der Waals surface area contributed by atoms with Crippen LogP contribution in [0.5, 0.6) is 5.75 Å². The number of carbonyl (C=O) groups is 1. The molecule has 4 heterocycles. The summed E-state index contributed by atoms with van der Waals surface area (Å²) in [5, 5.41) is 23.1. The number of aliphatic hydroxyl groups excluding tert-OH is 1. The van der Waals surface area contributed by atoms with Gasteiger partial charge in [0, 0.05) is 24.2 Å². The smallest absolute Gasteiger partial charge is 0.271 e. The summed E-state index contributed by atoms with van der Waals surface area (Å²) in [6, 6.07) is 12.2. The number of ether oxygens (including phenoxy) is 1. The highest BCUT2D eigenvalue weighted by atomic mass is 19.1. The Morgan fingerprint density at radius 1 is 1.13 bits per heavy atom. The number of aryl methyl sites for hydroxylation is 2. The van der Waals surface area contributed by atoms with Gasteiger partial charge in [0.25, 0.3) is 5.91 Å². The van der Waals surface area contributed by atoms with Gasteiger partial charge in [-0.25, -0.2) is 4.39 Å². The van der Waals surface area contributed by atoms with Gasteiger partial charge in [-0.15, -0.1) is 10.2 Å². The lowest BCUT2D eigenvalue weighted by Gasteiger charge is -2.38. The van der Waals surface area contributed by atoms with Crippen LogP contribution >= 0.6 is 0 Å². The van der Waals surface area contributed by atoms with Crippen molar-refractivity contribution in [3.63, 3.8) is 0 Å². The number of carbonyl (C=O) groups excluding carboxylic acids is 1. The van der Waals surface area contributed by atoms with Gasteiger partial charge >= 0.3 is 0 Å². The highest BCUT2D eigenvalue weighted by molar-refractivity contribution is 5.99. The molecule has 2 aromatic heterocycles. The minimum Gasteiger partial charge on any atom is -0.496 e. The second kappa shape index (κ2) is 9.30. The lowest BCUT2D eigenvalue weighted by atomic mass is 9.91. The zero-order valence-electron chi connectivity index (χ0n) is 22.5. The Kier molecular flexibility index (Phi) is 6.02. The number of tetrazole rings is 1. The molecule has 6 rings (SSSR count). The van der Waals surface area contributed by atoms with E-state index in [1.54, 1.807) is 33.2 Å². The molecule has 0 saturated carbocycles. The summed E-state index contributed by atoms with van der Waals surface area (Å²) in [6.45, 7) is 4.87. The number of rotatable bonds is 5. The third-order valence-corrected chi connectivity index (χ3v) is 8.33. The number of hydrogen-bond acceptors (Lipinski definition) is 6. The first-order chi connectivity index (χ1) is 18.7. The molecule has 0 aliphatic carbocycles. The molecule has 202 valence electrons. The molecular weight excluding hydrogens is 499 g/mol. The fourth-order valence-electron chi connectivity index (χ4n) is 6.01. The van der Waals surface area contributed by atoms with Crippen molar-refractivity contribution < 1.29 is 19.0 Å². The predicted molar refractivity (Wildman–Crippen MR) is 144 cm³/mol. The molecule has 0 spiro atoms. The normalized spacial score (nSPS) is 19.1. The van der Waals surface area contributed by atoms with Crippen molar-refractivity contribution in [1.29, 1.82) is 0 Å². The highest BCUT2D eigenvalue weighted by Crippen LogP contribution is 2.45. The number of hydrogen-bond donors (Lipinski definition) is 1. The number of fused-ring (bicyclic) bond motifs is 3. The third-order valence-electron chi connectivity index (χ3n) is 8.33. The standard InChI is InChI=1S/C29H31FN6O3/c1-17(37)29(2)11-5-12-36(29)28(38)24-16-22(18-6-8-20(30)9-7-18)26-21-15-23(27-31-33-34(3)32-27)25(39-4)14-19(21)10-13-35(24)26/h6-9,14-17,37H,5,10-13H2,1-4H3/t17-,29-/m0/s1. The predicted octanol–water partition coefficient (Wildman–Crippen LogP) is 4.09. The van der Waals surface area contributed by atoms with Gasteiger partial charge < -0.3 is 19.3 Å². The lowest BCUT2D eigenvalue weighted by Crippen LogP contribution is -2.52. The van der Waals surface area contributed by atoms with Gasteiger partial charge in [0.15, 0.2) is 0 Å². The molecule has 2 atom stereocenters. The number of aromatic nitrogens is 5. The average Bonchev–Trinajstić information content (AvgIpc) is 3.65. The van der Waals surface area contributed by atoms with Crippen LogP contribution in [0.3, 0.4) is 0 Å². The number of nitrogens with zero attached hydrogens (tertiary/aromatic N) is 6. The maximum absolute atomic E-state index is 14.1. The zero-order chi connectivity index (χ0) is 27.5. The molecular formula is C29H31FN6O3. The third kappa shape index (κ3) is 4.01. The fraction of sp³-hybridized carbons (Fsp3) is 0.379. The quantitative estimate of drug-likeness (QED) is 0.417. The summed E-state index contributed by atoms with van der Waals surface area (Å²) < 4.78 is 21.6. The Morgan fingerprint density at radius 3 is 2.56 bits per heavy atom. The minimum atomic E-state index is -0.661. The fourth-order valence-corrected chi connectivity index (χ4v) is 6.01. The molecule has 1 fully saturated rings. The Bertz CT molecular complexity index is 1570. The molecule has 0 unspecified atom stereocenters. The van der Waals surface area contributed by atoms with Crippen molar-refractivity contribution in [2.24, 2.45) is 7.05 Å². The maximum Gasteiger partial charge on any atom is 0.271 e. The molecule has 0 bridgehead atoms. The van der Waals surface area contributed by atoms with E-state index in [1.807, 2.05) is 30.0 Å². The summed E-state index contributed by atoms with van der Waals surface area (Å²) in [4.78, 5) is 17.3. The van der Waals surface area contributed by atoms with E-state index in [0.29, 0.717) is 42.3 Å². The molecule has 1 N–H and O–H groups in total. The van der Waals surface area contributed by atoms with Crippen LogP contribution in [0, 0.1) is 5.82 Å². The van der Waals surface area contributed by atoms with E-state index < -0.39 is 11.6 Å². The molecule has 2 aliphatic rings. The van der Waals surface area contributed by atoms with Crippen molar-refractivity contribution >= 4 is 5.91 Å². The van der Waals surface area contributed by atoms with E-state index >= 15 is 0 Å². The van der Waals surface area contributed by atoms with Crippen molar-refractivity contribution in [3.8, 4) is 39.5 Å². The number of aliphatic hydroxyl groups is 1. The van der Waals surface area contributed by atoms with E-state index in [-0.39, 0.29) is 11.7 Å². The molecule has 4 aromatic rings. The highest BCUT2D eigenvalue weighted by Gasteiger charge is 2.44. The monoisotopic (exact) mass is 530 g/mol. The number of halogens is 1. The number of amides is 1. The Morgan fingerprint density at radius 2 is 1.90 bits per heavy atom. The summed E-state index contributed by atoms with van der Waals surface area (Å²) in [5.41, 5.74) is 5.13. The Labute approximate surface area is 225 Å². The molecule has 9 nitrogen and oxygen atoms in total. The summed E-state index contributed by atoms with van der Waals surface area (Å²) in [5.74, 6) is 0.642. The van der Waals surface area contributed by atoms with Gasteiger partial charge in [-0.05, 0) is 79.8 Å². The molecule has 1 saturated heterocycles. The summed E-state index contributed by atoms with van der Waals surface area (Å²) in [6.07, 6.45) is 1.61. The Hall–Kier alpha value is -4.05. The van der Waals surface area contributed by atoms with Crippen LogP contribution < -0.4 is 4.74 Å². The average molecular weight is 531 g/mol. The first-order valence-corrected chi connectivity index (χ1v) is 13.2. The number of benzene rings is 2. The van der Waals surface area contributed by atoms with E-state index in [4.69, 9.17) is 4.74 Å². The lowest BCUT2D eigenvalue weighted by molar-refractivity contribution is 0.0145. The first-order valence-electron chi connectivity index (χ1n) is 13.2. The van der Waals surface area contributed by atoms with Crippen molar-refractivity contribution in [1.82, 2.24) is 29.7 Å². The largest absolute Gasteiger partial charge is 0.496 e. The van der Waals surface area contributed by atoms with Gasteiger partial charge in [-0.2, -0.15) is 4.80 Å². The van der Waals surface area contributed by atoms with E-state index in [1.165, 1.54) is 16.9 Å². The van der Waals surface area contributed by atoms with Crippen LogP contribution in [-0.2, 0) is 20.0 Å². The van der Waals surface area contributed by atoms with E-state index in [0.717, 1.165) is 40.8 Å². The van der Waals surface area contributed by atoms with E-state index in [9.17, 15) is 14.3 Å². The van der Waals surface area contributed by atoms with Crippen molar-refractivity contribution in [2.45, 2.75) is 51.3 Å². The van der Waals surface area contributed by atoms with Gasteiger partial charge in [0.2, 0.25) is 5.82 Å². The van der Waals surface area contributed by atoms with Crippen LogP contribution in [0.1, 0.15) is 42.7 Å². The van der Waals surface area contributed by atoms with Gasteiger partial charge in [-0.1, -0.05) is 12.1 Å². The first kappa shape index (κ1) is 25.2. The Balaban J connectivity index is 1.57. The molecule has 39 heavy (non-hydrogen) atoms. The molecule has 2 aromatic carbocycles. The van der Waals surface area contributed by atoms with Crippen molar-refractivity contribution in [3.05, 3.63) is 59.5 Å². The number of methoxy groups -OCH3 is 1. The van der Waals surface area contributed by atoms with Crippen LogP contribution in [0.25, 0.3) is 33.8 Å². The number of likely N-dealkylation sites (tertiary alicyclic amines) is 1. The molecule has 2 aliphatic heterocycles. The van der Waals surface area contributed by atoms with Crippen molar-refractivity contribution in [2.75, 3.05) is 13.7 Å². The second-order valence-electron chi connectivity index (χ2n) is 10.6. The molecule has 10 heteroatoms. The van der Waals surface area contributed by atoms with E-state index in [2.05, 4.69) is 20.0 Å². The van der Waals surface area contributed by atoms with Crippen LogP contribution in [0.2, 0.25) is 0 Å². The summed E-state index contributed by atoms with van der Waals surface area (Å²) in [7, 11) is 3.32. The summed E-state index contributed by atoms with van der Waals surface area (Å²) >= 11 is 0. The van der Waals surface area contributed by atoms with Gasteiger partial charge in [0.05, 0.1) is 37.1 Å². The van der Waals surface area contributed by atoms with Gasteiger partial charge in [0.1, 0.15) is 17.3 Å². The molecule has 1 amide bonds. The minimum absolute atomic E-state index is 0.113. The zero-order valence-corrected chi connectivity index (χ0v) is 22.5. The van der Waals surface area contributed by atoms with Gasteiger partial charge in [-0.3, -0.25) is 4.79 Å². The molecule has 0 radical (unpaired) electrons. The van der Waals surface area contributed by atoms with Crippen LogP contribution in [-0.4, -0.2) is 66.0 Å². The SMILES string of the molecule is COc1cc2c(cc1-c1nnn(C)n1)-c1c(-c3ccc(F)cc3)cc(C(=O)N3CCC[C@@]3(C)[C@H](C)O)n1CC2. The topological polar surface area (TPSA) is 98.3 Å².